The molecule has 0 atom stereocenters. The van der Waals surface area contributed by atoms with Crippen molar-refractivity contribution in [3.05, 3.63) is 82.6 Å². The van der Waals surface area contributed by atoms with Crippen LogP contribution in [-0.4, -0.2) is 35.3 Å². The summed E-state index contributed by atoms with van der Waals surface area (Å²) in [6, 6.07) is 16.4. The van der Waals surface area contributed by atoms with Crippen LogP contribution in [0.25, 0.3) is 0 Å². The minimum atomic E-state index is -3.71. The van der Waals surface area contributed by atoms with Crippen molar-refractivity contribution in [2.45, 2.75) is 51.2 Å². The molecule has 1 aromatic heterocycles. The van der Waals surface area contributed by atoms with Gasteiger partial charge in [0.2, 0.25) is 20.9 Å². The Morgan fingerprint density at radius 3 is 2.42 bits per heavy atom. The Balaban J connectivity index is 1.87. The summed E-state index contributed by atoms with van der Waals surface area (Å²) in [7, 11) is -3.71. The molecule has 0 spiro atoms. The lowest BCUT2D eigenvalue weighted by Gasteiger charge is -2.23. The van der Waals surface area contributed by atoms with Crippen LogP contribution in [0.1, 0.15) is 37.6 Å². The lowest BCUT2D eigenvalue weighted by atomic mass is 10.1. The van der Waals surface area contributed by atoms with Gasteiger partial charge in [-0.1, -0.05) is 67.9 Å². The molecule has 1 heterocycles. The summed E-state index contributed by atoms with van der Waals surface area (Å²) < 4.78 is 28.2. The van der Waals surface area contributed by atoms with Crippen molar-refractivity contribution in [3.63, 3.8) is 0 Å². The number of carbonyl (C=O) groups excluding carboxylic acids is 1. The molecule has 33 heavy (non-hydrogen) atoms. The molecule has 6 nitrogen and oxygen atoms in total. The van der Waals surface area contributed by atoms with E-state index < -0.39 is 9.84 Å². The first kappa shape index (κ1) is 25.0. The molecular weight excluding hydrogens is 458 g/mol. The second kappa shape index (κ2) is 11.0. The summed E-state index contributed by atoms with van der Waals surface area (Å²) in [4.78, 5) is 18.9. The Hall–Kier alpha value is -2.64. The van der Waals surface area contributed by atoms with Crippen LogP contribution in [0.5, 0.6) is 0 Å². The number of amides is 1. The van der Waals surface area contributed by atoms with Gasteiger partial charge in [0.1, 0.15) is 0 Å². The van der Waals surface area contributed by atoms with E-state index in [1.807, 2.05) is 51.1 Å². The molecule has 2 aromatic carbocycles. The van der Waals surface area contributed by atoms with Crippen molar-refractivity contribution in [2.75, 3.05) is 6.54 Å². The number of benzene rings is 2. The first-order valence-electron chi connectivity index (χ1n) is 11.0. The van der Waals surface area contributed by atoms with Gasteiger partial charge in [-0.25, -0.2) is 13.4 Å². The molecule has 0 radical (unpaired) electrons. The fourth-order valence-corrected chi connectivity index (χ4v) is 5.39. The predicted molar refractivity (Wildman–Crippen MR) is 131 cm³/mol. The van der Waals surface area contributed by atoms with Crippen molar-refractivity contribution in [3.8, 4) is 0 Å². The van der Waals surface area contributed by atoms with Gasteiger partial charge in [-0.2, -0.15) is 0 Å². The van der Waals surface area contributed by atoms with Crippen LogP contribution in [0.2, 0.25) is 5.02 Å². The number of imidazole rings is 1. The van der Waals surface area contributed by atoms with Crippen LogP contribution >= 0.6 is 11.6 Å². The van der Waals surface area contributed by atoms with Crippen molar-refractivity contribution < 1.29 is 13.2 Å². The van der Waals surface area contributed by atoms with Crippen LogP contribution in [0.4, 0.5) is 0 Å². The SMILES string of the molecule is CCN(Cc1cnc(S(=O)(=O)Cc2cccc(Cl)c2)n1CC(C)C)C(=O)Cc1ccccc1. The highest BCUT2D eigenvalue weighted by Crippen LogP contribution is 2.22. The highest BCUT2D eigenvalue weighted by atomic mass is 35.5. The summed E-state index contributed by atoms with van der Waals surface area (Å²) in [5.74, 6) is 0.00417. The standard InChI is InChI=1S/C25H30ClN3O3S/c1-4-28(24(30)14-20-9-6-5-7-10-20)17-23-15-27-25(29(23)16-19(2)3)33(31,32)18-21-11-8-12-22(26)13-21/h5-13,15,19H,4,14,16-18H2,1-3H3. The number of sulfone groups is 1. The maximum atomic E-state index is 13.3. The number of hydrogen-bond donors (Lipinski definition) is 0. The lowest BCUT2D eigenvalue weighted by Crippen LogP contribution is -2.32. The Morgan fingerprint density at radius 2 is 1.79 bits per heavy atom. The van der Waals surface area contributed by atoms with E-state index in [4.69, 9.17) is 11.6 Å². The number of likely N-dealkylation sites (N-methyl/N-ethyl adjacent to an activating group) is 1. The van der Waals surface area contributed by atoms with Crippen LogP contribution in [0, 0.1) is 5.92 Å². The summed E-state index contributed by atoms with van der Waals surface area (Å²) >= 11 is 6.03. The average molecular weight is 488 g/mol. The second-order valence-electron chi connectivity index (χ2n) is 8.50. The quantitative estimate of drug-likeness (QED) is 0.413. The molecule has 0 saturated carbocycles. The van der Waals surface area contributed by atoms with Gasteiger partial charge in [0.15, 0.2) is 0 Å². The first-order valence-corrected chi connectivity index (χ1v) is 13.1. The zero-order valence-corrected chi connectivity index (χ0v) is 20.8. The molecule has 1 amide bonds. The van der Waals surface area contributed by atoms with Crippen molar-refractivity contribution in [2.24, 2.45) is 5.92 Å². The van der Waals surface area contributed by atoms with E-state index in [1.165, 1.54) is 0 Å². The molecule has 0 unspecified atom stereocenters. The molecule has 176 valence electrons. The normalized spacial score (nSPS) is 11.7. The van der Waals surface area contributed by atoms with Crippen molar-refractivity contribution in [1.29, 1.82) is 0 Å². The number of aromatic nitrogens is 2. The van der Waals surface area contributed by atoms with Gasteiger partial charge < -0.3 is 9.47 Å². The average Bonchev–Trinajstić information content (AvgIpc) is 3.14. The van der Waals surface area contributed by atoms with E-state index in [9.17, 15) is 13.2 Å². The monoisotopic (exact) mass is 487 g/mol. The molecule has 0 aliphatic rings. The van der Waals surface area contributed by atoms with Gasteiger partial charge in [-0.3, -0.25) is 4.79 Å². The van der Waals surface area contributed by atoms with E-state index in [2.05, 4.69) is 4.98 Å². The number of nitrogens with zero attached hydrogens (tertiary/aromatic N) is 3. The molecule has 0 fully saturated rings. The van der Waals surface area contributed by atoms with E-state index in [1.54, 1.807) is 39.9 Å². The zero-order chi connectivity index (χ0) is 24.0. The number of carbonyl (C=O) groups is 1. The Kier molecular flexibility index (Phi) is 8.32. The minimum Gasteiger partial charge on any atom is -0.337 e. The third-order valence-electron chi connectivity index (χ3n) is 5.26. The molecule has 0 N–H and O–H groups in total. The van der Waals surface area contributed by atoms with Gasteiger partial charge in [0, 0.05) is 18.1 Å². The molecular formula is C25H30ClN3O3S. The second-order valence-corrected chi connectivity index (χ2v) is 10.8. The van der Waals surface area contributed by atoms with Gasteiger partial charge in [0.05, 0.1) is 30.6 Å². The molecule has 3 rings (SSSR count). The Bertz CT molecular complexity index is 1190. The van der Waals surface area contributed by atoms with Crippen LogP contribution in [0.3, 0.4) is 0 Å². The van der Waals surface area contributed by atoms with Gasteiger partial charge in [-0.05, 0) is 36.1 Å². The molecule has 0 bridgehead atoms. The van der Waals surface area contributed by atoms with Gasteiger partial charge in [0.25, 0.3) is 0 Å². The fraction of sp³-hybridized carbons (Fsp3) is 0.360. The summed E-state index contributed by atoms with van der Waals surface area (Å²) in [5, 5.41) is 0.516. The van der Waals surface area contributed by atoms with E-state index in [0.29, 0.717) is 42.3 Å². The Morgan fingerprint density at radius 1 is 1.09 bits per heavy atom. The lowest BCUT2D eigenvalue weighted by molar-refractivity contribution is -0.130. The highest BCUT2D eigenvalue weighted by molar-refractivity contribution is 7.90. The van der Waals surface area contributed by atoms with Crippen LogP contribution in [0.15, 0.2) is 66.0 Å². The number of hydrogen-bond acceptors (Lipinski definition) is 4. The van der Waals surface area contributed by atoms with Crippen molar-refractivity contribution >= 4 is 27.3 Å². The predicted octanol–water partition coefficient (Wildman–Crippen LogP) is 4.76. The molecule has 0 aliphatic carbocycles. The number of halogens is 1. The largest absolute Gasteiger partial charge is 0.337 e. The van der Waals surface area contributed by atoms with E-state index in [0.717, 1.165) is 5.56 Å². The smallest absolute Gasteiger partial charge is 0.228 e. The number of rotatable bonds is 10. The van der Waals surface area contributed by atoms with Gasteiger partial charge in [-0.15, -0.1) is 0 Å². The van der Waals surface area contributed by atoms with Crippen molar-refractivity contribution in [1.82, 2.24) is 14.5 Å². The maximum absolute atomic E-state index is 13.3. The maximum Gasteiger partial charge on any atom is 0.228 e. The summed E-state index contributed by atoms with van der Waals surface area (Å²) in [5.41, 5.74) is 2.26. The molecule has 0 saturated heterocycles. The van der Waals surface area contributed by atoms with E-state index >= 15 is 0 Å². The van der Waals surface area contributed by atoms with Crippen LogP contribution in [-0.2, 0) is 39.9 Å². The fourth-order valence-electron chi connectivity index (χ4n) is 3.69. The minimum absolute atomic E-state index is 0.00988. The molecule has 0 aliphatic heterocycles. The third-order valence-corrected chi connectivity index (χ3v) is 7.09. The topological polar surface area (TPSA) is 72.3 Å². The third kappa shape index (κ3) is 6.68. The Labute approximate surface area is 201 Å². The van der Waals surface area contributed by atoms with E-state index in [-0.39, 0.29) is 22.7 Å². The molecule has 8 heteroatoms. The van der Waals surface area contributed by atoms with Gasteiger partial charge >= 0.3 is 0 Å². The highest BCUT2D eigenvalue weighted by Gasteiger charge is 2.26. The molecule has 3 aromatic rings. The summed E-state index contributed by atoms with van der Waals surface area (Å²) in [6.45, 7) is 7.27. The summed E-state index contributed by atoms with van der Waals surface area (Å²) in [6.07, 6.45) is 1.87. The first-order chi connectivity index (χ1) is 15.7. The van der Waals surface area contributed by atoms with Crippen LogP contribution < -0.4 is 0 Å². The zero-order valence-electron chi connectivity index (χ0n) is 19.2.